The van der Waals surface area contributed by atoms with Crippen molar-refractivity contribution >= 4 is 16.9 Å². The minimum atomic E-state index is -0.0324. The van der Waals surface area contributed by atoms with Gasteiger partial charge in [-0.1, -0.05) is 6.07 Å². The lowest BCUT2D eigenvalue weighted by Crippen LogP contribution is -2.37. The molecular formula is C26H26N6O. The SMILES string of the molecule is Cc1c[nH]c2ncc(-c3cc4c(c([C@@H]5CCCN5)c3)CN(C(=O)c3ccncn3)CC4)cc12. The van der Waals surface area contributed by atoms with E-state index in [2.05, 4.69) is 50.4 Å². The number of hydrogen-bond acceptors (Lipinski definition) is 5. The van der Waals surface area contributed by atoms with Crippen molar-refractivity contribution in [2.75, 3.05) is 13.1 Å². The summed E-state index contributed by atoms with van der Waals surface area (Å²) in [6, 6.07) is 8.84. The van der Waals surface area contributed by atoms with Crippen molar-refractivity contribution in [3.63, 3.8) is 0 Å². The Morgan fingerprint density at radius 2 is 2.12 bits per heavy atom. The van der Waals surface area contributed by atoms with Crippen LogP contribution in [0.15, 0.2) is 49.2 Å². The minimum absolute atomic E-state index is 0.0324. The predicted molar refractivity (Wildman–Crippen MR) is 127 cm³/mol. The highest BCUT2D eigenvalue weighted by Gasteiger charge is 2.28. The Balaban J connectivity index is 1.41. The fourth-order valence-electron chi connectivity index (χ4n) is 5.17. The normalized spacial score (nSPS) is 18.0. The van der Waals surface area contributed by atoms with E-state index in [0.29, 0.717) is 24.8 Å². The van der Waals surface area contributed by atoms with Gasteiger partial charge in [0.1, 0.15) is 17.7 Å². The topological polar surface area (TPSA) is 86.8 Å². The number of aryl methyl sites for hydroxylation is 1. The van der Waals surface area contributed by atoms with Crippen LogP contribution in [0.1, 0.15) is 51.6 Å². The summed E-state index contributed by atoms with van der Waals surface area (Å²) in [5, 5.41) is 4.83. The van der Waals surface area contributed by atoms with Crippen LogP contribution < -0.4 is 5.32 Å². The van der Waals surface area contributed by atoms with Gasteiger partial charge >= 0.3 is 0 Å². The Morgan fingerprint density at radius 1 is 1.18 bits per heavy atom. The number of fused-ring (bicyclic) bond motifs is 2. The van der Waals surface area contributed by atoms with Crippen molar-refractivity contribution in [2.45, 2.75) is 38.8 Å². The van der Waals surface area contributed by atoms with E-state index in [-0.39, 0.29) is 5.91 Å². The lowest BCUT2D eigenvalue weighted by atomic mass is 9.87. The van der Waals surface area contributed by atoms with Crippen molar-refractivity contribution in [3.05, 3.63) is 77.1 Å². The van der Waals surface area contributed by atoms with E-state index in [1.807, 2.05) is 17.3 Å². The maximum absolute atomic E-state index is 13.1. The Labute approximate surface area is 192 Å². The third-order valence-corrected chi connectivity index (χ3v) is 6.97. The van der Waals surface area contributed by atoms with Crippen molar-refractivity contribution in [1.29, 1.82) is 0 Å². The molecule has 5 heterocycles. The van der Waals surface area contributed by atoms with Gasteiger partial charge in [-0.05, 0) is 78.7 Å². The van der Waals surface area contributed by atoms with Crippen LogP contribution in [-0.4, -0.2) is 43.8 Å². The van der Waals surface area contributed by atoms with Crippen LogP contribution in [0.4, 0.5) is 0 Å². The molecule has 7 nitrogen and oxygen atoms in total. The first-order valence-electron chi connectivity index (χ1n) is 11.6. The van der Waals surface area contributed by atoms with Gasteiger partial charge in [-0.15, -0.1) is 0 Å². The minimum Gasteiger partial charge on any atom is -0.346 e. The molecule has 0 saturated carbocycles. The molecule has 0 bridgehead atoms. The van der Waals surface area contributed by atoms with E-state index in [1.165, 1.54) is 40.6 Å². The van der Waals surface area contributed by atoms with Crippen LogP contribution in [-0.2, 0) is 13.0 Å². The summed E-state index contributed by atoms with van der Waals surface area (Å²) in [5.41, 5.74) is 8.82. The molecule has 0 aliphatic carbocycles. The summed E-state index contributed by atoms with van der Waals surface area (Å²) < 4.78 is 0. The van der Waals surface area contributed by atoms with E-state index in [9.17, 15) is 4.79 Å². The molecule has 166 valence electrons. The van der Waals surface area contributed by atoms with Gasteiger partial charge in [0.15, 0.2) is 0 Å². The highest BCUT2D eigenvalue weighted by molar-refractivity contribution is 5.92. The zero-order valence-electron chi connectivity index (χ0n) is 18.6. The van der Waals surface area contributed by atoms with Crippen LogP contribution in [0.3, 0.4) is 0 Å². The van der Waals surface area contributed by atoms with Gasteiger partial charge < -0.3 is 15.2 Å². The van der Waals surface area contributed by atoms with Gasteiger partial charge in [-0.2, -0.15) is 0 Å². The number of nitrogens with zero attached hydrogens (tertiary/aromatic N) is 4. The molecule has 0 radical (unpaired) electrons. The molecule has 6 rings (SSSR count). The van der Waals surface area contributed by atoms with Gasteiger partial charge in [0, 0.05) is 48.7 Å². The van der Waals surface area contributed by atoms with E-state index >= 15 is 0 Å². The second-order valence-electron chi connectivity index (χ2n) is 9.02. The Hall–Kier alpha value is -3.58. The van der Waals surface area contributed by atoms with Crippen LogP contribution in [0.2, 0.25) is 0 Å². The van der Waals surface area contributed by atoms with Crippen LogP contribution in [0, 0.1) is 6.92 Å². The van der Waals surface area contributed by atoms with Crippen LogP contribution in [0.25, 0.3) is 22.2 Å². The third-order valence-electron chi connectivity index (χ3n) is 6.97. The molecule has 4 aromatic rings. The number of benzene rings is 1. The molecule has 0 spiro atoms. The molecule has 1 amide bonds. The standard InChI is InChI=1S/C26H26N6O/c1-16-12-29-25-20(16)11-19(13-30-25)18-9-17-5-8-32(26(33)24-4-7-27-15-31-24)14-22(17)21(10-18)23-3-2-6-28-23/h4,7,9-13,15,23,28H,2-3,5-6,8,14H2,1H3,(H,29,30)/t23-/m0/s1. The van der Waals surface area contributed by atoms with Crippen molar-refractivity contribution < 1.29 is 4.79 Å². The number of amides is 1. The highest BCUT2D eigenvalue weighted by Crippen LogP contribution is 2.36. The number of rotatable bonds is 3. The van der Waals surface area contributed by atoms with Gasteiger partial charge in [0.05, 0.1) is 0 Å². The summed E-state index contributed by atoms with van der Waals surface area (Å²) in [5.74, 6) is -0.0324. The molecule has 3 aromatic heterocycles. The average molecular weight is 439 g/mol. The van der Waals surface area contributed by atoms with Gasteiger partial charge in [-0.25, -0.2) is 15.0 Å². The molecule has 2 N–H and O–H groups in total. The predicted octanol–water partition coefficient (Wildman–Crippen LogP) is 3.95. The number of H-pyrrole nitrogens is 1. The molecule has 33 heavy (non-hydrogen) atoms. The lowest BCUT2D eigenvalue weighted by molar-refractivity contribution is 0.0727. The first kappa shape index (κ1) is 20.1. The summed E-state index contributed by atoms with van der Waals surface area (Å²) in [4.78, 5) is 31.0. The summed E-state index contributed by atoms with van der Waals surface area (Å²) >= 11 is 0. The zero-order valence-corrected chi connectivity index (χ0v) is 18.6. The fourth-order valence-corrected chi connectivity index (χ4v) is 5.17. The molecule has 7 heteroatoms. The smallest absolute Gasteiger partial charge is 0.272 e. The van der Waals surface area contributed by atoms with Crippen molar-refractivity contribution in [3.8, 4) is 11.1 Å². The number of hydrogen-bond donors (Lipinski definition) is 2. The third kappa shape index (κ3) is 3.58. The molecular weight excluding hydrogens is 412 g/mol. The first-order chi connectivity index (χ1) is 16.2. The molecule has 0 unspecified atom stereocenters. The van der Waals surface area contributed by atoms with Crippen LogP contribution >= 0.6 is 0 Å². The van der Waals surface area contributed by atoms with E-state index in [1.54, 1.807) is 12.3 Å². The number of pyridine rings is 1. The lowest BCUT2D eigenvalue weighted by Gasteiger charge is -2.32. The number of aromatic amines is 1. The van der Waals surface area contributed by atoms with Gasteiger partial charge in [0.2, 0.25) is 0 Å². The molecule has 1 fully saturated rings. The van der Waals surface area contributed by atoms with Gasteiger partial charge in [-0.3, -0.25) is 4.79 Å². The molecule has 1 atom stereocenters. The van der Waals surface area contributed by atoms with Crippen molar-refractivity contribution in [1.82, 2.24) is 30.2 Å². The average Bonchev–Trinajstić information content (AvgIpc) is 3.53. The summed E-state index contributed by atoms with van der Waals surface area (Å²) in [6.07, 6.45) is 10.1. The van der Waals surface area contributed by atoms with Crippen molar-refractivity contribution in [2.24, 2.45) is 0 Å². The number of aromatic nitrogens is 4. The number of carbonyl (C=O) groups is 1. The monoisotopic (exact) mass is 438 g/mol. The maximum atomic E-state index is 13.1. The molecule has 2 aliphatic heterocycles. The Bertz CT molecular complexity index is 1340. The quantitative estimate of drug-likeness (QED) is 0.506. The zero-order chi connectivity index (χ0) is 22.4. The van der Waals surface area contributed by atoms with E-state index < -0.39 is 0 Å². The first-order valence-corrected chi connectivity index (χ1v) is 11.6. The second kappa shape index (κ2) is 8.08. The number of nitrogens with one attached hydrogen (secondary N) is 2. The Kier molecular flexibility index (Phi) is 4.91. The summed E-state index contributed by atoms with van der Waals surface area (Å²) in [7, 11) is 0. The van der Waals surface area contributed by atoms with E-state index in [0.717, 1.165) is 36.0 Å². The fraction of sp³-hybridized carbons (Fsp3) is 0.308. The highest BCUT2D eigenvalue weighted by atomic mass is 16.2. The van der Waals surface area contributed by atoms with Gasteiger partial charge in [0.25, 0.3) is 5.91 Å². The molecule has 2 aliphatic rings. The largest absolute Gasteiger partial charge is 0.346 e. The molecule has 1 saturated heterocycles. The van der Waals surface area contributed by atoms with Crippen LogP contribution in [0.5, 0.6) is 0 Å². The summed E-state index contributed by atoms with van der Waals surface area (Å²) in [6.45, 7) is 4.43. The number of carbonyl (C=O) groups excluding carboxylic acids is 1. The second-order valence-corrected chi connectivity index (χ2v) is 9.02. The maximum Gasteiger partial charge on any atom is 0.272 e. The van der Waals surface area contributed by atoms with E-state index in [4.69, 9.17) is 0 Å². The Morgan fingerprint density at radius 3 is 2.94 bits per heavy atom. The molecule has 1 aromatic carbocycles.